The van der Waals surface area contributed by atoms with E-state index in [0.29, 0.717) is 26.0 Å². The molecule has 0 spiro atoms. The third-order valence-corrected chi connectivity index (χ3v) is 4.72. The molecule has 1 saturated heterocycles. The largest absolute Gasteiger partial charge is 0.508 e. The molecule has 0 aliphatic carbocycles. The summed E-state index contributed by atoms with van der Waals surface area (Å²) in [7, 11) is 0. The van der Waals surface area contributed by atoms with E-state index in [1.165, 1.54) is 6.07 Å². The number of aromatic hydroxyl groups is 1. The van der Waals surface area contributed by atoms with Gasteiger partial charge in [0.25, 0.3) is 0 Å². The molecule has 1 amide bonds. The summed E-state index contributed by atoms with van der Waals surface area (Å²) in [5.74, 6) is 0.456. The third kappa shape index (κ3) is 4.97. The average molecular weight is 357 g/mol. The smallest absolute Gasteiger partial charge is 0.222 e. The van der Waals surface area contributed by atoms with Crippen LogP contribution in [0.2, 0.25) is 0 Å². The maximum atomic E-state index is 13.6. The summed E-state index contributed by atoms with van der Waals surface area (Å²) in [4.78, 5) is 14.4. The van der Waals surface area contributed by atoms with E-state index in [2.05, 4.69) is 0 Å². The zero-order valence-corrected chi connectivity index (χ0v) is 14.7. The molecule has 138 valence electrons. The van der Waals surface area contributed by atoms with E-state index in [0.717, 1.165) is 24.9 Å². The van der Waals surface area contributed by atoms with Crippen molar-refractivity contribution >= 4 is 5.91 Å². The van der Waals surface area contributed by atoms with E-state index in [1.807, 2.05) is 11.0 Å². The summed E-state index contributed by atoms with van der Waals surface area (Å²) >= 11 is 0. The van der Waals surface area contributed by atoms with E-state index < -0.39 is 0 Å². The number of rotatable bonds is 6. The minimum Gasteiger partial charge on any atom is -0.508 e. The van der Waals surface area contributed by atoms with Crippen LogP contribution in [-0.2, 0) is 11.2 Å². The van der Waals surface area contributed by atoms with Crippen LogP contribution in [0.1, 0.15) is 24.8 Å². The zero-order valence-electron chi connectivity index (χ0n) is 14.7. The van der Waals surface area contributed by atoms with Gasteiger partial charge in [0.05, 0.1) is 6.61 Å². The predicted octanol–water partition coefficient (Wildman–Crippen LogP) is 3.78. The molecular weight excluding hydrogens is 333 g/mol. The number of piperidine rings is 1. The number of phenols is 1. The lowest BCUT2D eigenvalue weighted by Gasteiger charge is -2.32. The van der Waals surface area contributed by atoms with Gasteiger partial charge in [-0.3, -0.25) is 4.79 Å². The highest BCUT2D eigenvalue weighted by Gasteiger charge is 2.24. The quantitative estimate of drug-likeness (QED) is 0.856. The summed E-state index contributed by atoms with van der Waals surface area (Å²) < 4.78 is 19.2. The Labute approximate surface area is 153 Å². The number of carbonyl (C=O) groups is 1. The number of halogens is 1. The Morgan fingerprint density at radius 1 is 1.23 bits per heavy atom. The highest BCUT2D eigenvalue weighted by atomic mass is 19.1. The third-order valence-electron chi connectivity index (χ3n) is 4.72. The first-order chi connectivity index (χ1) is 12.6. The van der Waals surface area contributed by atoms with Gasteiger partial charge in [-0.05, 0) is 49.1 Å². The number of aryl methyl sites for hydroxylation is 1. The maximum absolute atomic E-state index is 13.6. The molecule has 1 heterocycles. The minimum atomic E-state index is -0.359. The van der Waals surface area contributed by atoms with Gasteiger partial charge in [0.2, 0.25) is 5.91 Å². The van der Waals surface area contributed by atoms with Crippen LogP contribution in [0.5, 0.6) is 11.5 Å². The van der Waals surface area contributed by atoms with Crippen LogP contribution in [-0.4, -0.2) is 35.6 Å². The highest BCUT2D eigenvalue weighted by Crippen LogP contribution is 2.21. The Morgan fingerprint density at radius 3 is 2.88 bits per heavy atom. The van der Waals surface area contributed by atoms with Crippen molar-refractivity contribution in [3.05, 3.63) is 59.9 Å². The van der Waals surface area contributed by atoms with Gasteiger partial charge in [0.15, 0.2) is 11.6 Å². The van der Waals surface area contributed by atoms with Crippen LogP contribution in [0.4, 0.5) is 4.39 Å². The van der Waals surface area contributed by atoms with E-state index in [9.17, 15) is 14.3 Å². The Balaban J connectivity index is 1.48. The van der Waals surface area contributed by atoms with E-state index in [4.69, 9.17) is 4.74 Å². The summed E-state index contributed by atoms with van der Waals surface area (Å²) in [6.45, 7) is 1.82. The van der Waals surface area contributed by atoms with Crippen molar-refractivity contribution in [1.29, 1.82) is 0 Å². The number of hydrogen-bond donors (Lipinski definition) is 1. The molecule has 5 heteroatoms. The van der Waals surface area contributed by atoms with Gasteiger partial charge in [-0.15, -0.1) is 0 Å². The monoisotopic (exact) mass is 357 g/mol. The molecule has 4 nitrogen and oxygen atoms in total. The molecule has 0 aromatic heterocycles. The first kappa shape index (κ1) is 18.2. The van der Waals surface area contributed by atoms with Crippen LogP contribution in [0.15, 0.2) is 48.5 Å². The molecule has 26 heavy (non-hydrogen) atoms. The predicted molar refractivity (Wildman–Crippen MR) is 97.6 cm³/mol. The van der Waals surface area contributed by atoms with Gasteiger partial charge in [-0.1, -0.05) is 24.3 Å². The Morgan fingerprint density at radius 2 is 2.08 bits per heavy atom. The van der Waals surface area contributed by atoms with Crippen molar-refractivity contribution < 1.29 is 19.0 Å². The van der Waals surface area contributed by atoms with Crippen molar-refractivity contribution in [2.75, 3.05) is 19.7 Å². The van der Waals surface area contributed by atoms with Crippen molar-refractivity contribution in [1.82, 2.24) is 4.90 Å². The number of ether oxygens (including phenoxy) is 1. The summed E-state index contributed by atoms with van der Waals surface area (Å²) in [6.07, 6.45) is 2.94. The Kier molecular flexibility index (Phi) is 6.10. The standard InChI is InChI=1S/C21H24FNO3/c22-19-8-1-2-9-20(19)26-15-17-6-4-12-23(14-17)21(25)11-10-16-5-3-7-18(24)13-16/h1-3,5,7-9,13,17,24H,4,6,10-12,14-15H2/t17-/m0/s1. The number of carbonyl (C=O) groups excluding carboxylic acids is 1. The van der Waals surface area contributed by atoms with Gasteiger partial charge in [0.1, 0.15) is 5.75 Å². The molecule has 3 rings (SSSR count). The Bertz CT molecular complexity index is 750. The summed E-state index contributed by atoms with van der Waals surface area (Å²) in [5, 5.41) is 9.50. The van der Waals surface area contributed by atoms with Gasteiger partial charge < -0.3 is 14.7 Å². The van der Waals surface area contributed by atoms with Gasteiger partial charge in [-0.2, -0.15) is 0 Å². The highest BCUT2D eigenvalue weighted by molar-refractivity contribution is 5.76. The fraction of sp³-hybridized carbons (Fsp3) is 0.381. The van der Waals surface area contributed by atoms with Gasteiger partial charge in [0, 0.05) is 25.4 Å². The number of likely N-dealkylation sites (tertiary alicyclic amines) is 1. The molecule has 1 aliphatic heterocycles. The second-order valence-electron chi connectivity index (χ2n) is 6.76. The lowest BCUT2D eigenvalue weighted by Crippen LogP contribution is -2.41. The molecule has 0 saturated carbocycles. The zero-order chi connectivity index (χ0) is 18.4. The molecule has 0 radical (unpaired) electrons. The fourth-order valence-electron chi connectivity index (χ4n) is 3.32. The number of hydrogen-bond acceptors (Lipinski definition) is 3. The molecule has 1 N–H and O–H groups in total. The number of para-hydroxylation sites is 1. The van der Waals surface area contributed by atoms with Crippen molar-refractivity contribution in [2.24, 2.45) is 5.92 Å². The molecule has 0 bridgehead atoms. The van der Waals surface area contributed by atoms with Crippen LogP contribution in [0, 0.1) is 11.7 Å². The van der Waals surface area contributed by atoms with Crippen molar-refractivity contribution in [3.8, 4) is 11.5 Å². The average Bonchev–Trinajstić information content (AvgIpc) is 2.66. The number of amides is 1. The van der Waals surface area contributed by atoms with E-state index in [-0.39, 0.29) is 29.1 Å². The molecule has 0 unspecified atom stereocenters. The van der Waals surface area contributed by atoms with Crippen LogP contribution in [0.25, 0.3) is 0 Å². The van der Waals surface area contributed by atoms with Gasteiger partial charge in [-0.25, -0.2) is 4.39 Å². The second-order valence-corrected chi connectivity index (χ2v) is 6.76. The molecule has 2 aromatic rings. The van der Waals surface area contributed by atoms with Crippen LogP contribution >= 0.6 is 0 Å². The number of nitrogens with zero attached hydrogens (tertiary/aromatic N) is 1. The summed E-state index contributed by atoms with van der Waals surface area (Å²) in [5.41, 5.74) is 0.954. The Hall–Kier alpha value is -2.56. The first-order valence-electron chi connectivity index (χ1n) is 9.05. The molecule has 1 fully saturated rings. The summed E-state index contributed by atoms with van der Waals surface area (Å²) in [6, 6.07) is 13.4. The van der Waals surface area contributed by atoms with Crippen molar-refractivity contribution in [2.45, 2.75) is 25.7 Å². The van der Waals surface area contributed by atoms with Crippen LogP contribution < -0.4 is 4.74 Å². The maximum Gasteiger partial charge on any atom is 0.222 e. The number of phenolic OH excluding ortho intramolecular Hbond substituents is 1. The molecule has 1 atom stereocenters. The minimum absolute atomic E-state index is 0.115. The van der Waals surface area contributed by atoms with Gasteiger partial charge >= 0.3 is 0 Å². The number of benzene rings is 2. The lowest BCUT2D eigenvalue weighted by molar-refractivity contribution is -0.133. The fourth-order valence-corrected chi connectivity index (χ4v) is 3.32. The lowest BCUT2D eigenvalue weighted by atomic mass is 9.98. The second kappa shape index (κ2) is 8.70. The van der Waals surface area contributed by atoms with E-state index >= 15 is 0 Å². The molecule has 2 aromatic carbocycles. The molecule has 1 aliphatic rings. The molecular formula is C21H24FNO3. The van der Waals surface area contributed by atoms with E-state index in [1.54, 1.807) is 36.4 Å². The van der Waals surface area contributed by atoms with Crippen molar-refractivity contribution in [3.63, 3.8) is 0 Å². The van der Waals surface area contributed by atoms with Crippen LogP contribution in [0.3, 0.4) is 0 Å². The first-order valence-corrected chi connectivity index (χ1v) is 9.05. The SMILES string of the molecule is O=C(CCc1cccc(O)c1)N1CCC[C@H](COc2ccccc2F)C1. The normalized spacial score (nSPS) is 17.1. The topological polar surface area (TPSA) is 49.8 Å².